The smallest absolute Gasteiger partial charge is 0.0620 e. The van der Waals surface area contributed by atoms with Gasteiger partial charge in [0.05, 0.1) is 0 Å². The quantitative estimate of drug-likeness (QED) is 0.414. The molecule has 0 bridgehead atoms. The van der Waals surface area contributed by atoms with E-state index in [1.807, 2.05) is 0 Å². The number of hydrogen-bond donors (Lipinski definition) is 0. The molecule has 0 heterocycles. The van der Waals surface area contributed by atoms with Crippen LogP contribution in [0.1, 0.15) is 0 Å². The van der Waals surface area contributed by atoms with Gasteiger partial charge in [0.1, 0.15) is 15.9 Å². The van der Waals surface area contributed by atoms with E-state index < -0.39 is 5.96 Å². The molecule has 3 rings (SSSR count). The van der Waals surface area contributed by atoms with Gasteiger partial charge in [-0.05, 0) is 36.4 Å². The maximum atomic E-state index is 4.12. The van der Waals surface area contributed by atoms with Crippen molar-refractivity contribution in [3.8, 4) is 0 Å². The minimum Gasteiger partial charge on any atom is -0.0620 e. The van der Waals surface area contributed by atoms with Crippen LogP contribution >= 0.6 is 21.5 Å². The molecule has 0 saturated carbocycles. The first-order valence-electron chi connectivity index (χ1n) is 6.57. The number of halogens is 1. The summed E-state index contributed by atoms with van der Waals surface area (Å²) in [5, 5.41) is 4.03. The summed E-state index contributed by atoms with van der Waals surface area (Å²) in [7, 11) is 0. The van der Waals surface area contributed by atoms with Gasteiger partial charge >= 0.3 is 0 Å². The van der Waals surface area contributed by atoms with Gasteiger partial charge in [0.15, 0.2) is 21.5 Å². The van der Waals surface area contributed by atoms with Crippen molar-refractivity contribution in [2.24, 2.45) is 0 Å². The van der Waals surface area contributed by atoms with Gasteiger partial charge in [0.25, 0.3) is 0 Å². The van der Waals surface area contributed by atoms with Gasteiger partial charge in [-0.25, -0.2) is 0 Å². The summed E-state index contributed by atoms with van der Waals surface area (Å²) >= 11 is 4.12. The molecule has 0 amide bonds. The average molecular weight is 449 g/mol. The van der Waals surface area contributed by atoms with Crippen LogP contribution in [-0.2, 0) is 20.4 Å². The van der Waals surface area contributed by atoms with Crippen LogP contribution in [0.15, 0.2) is 91.0 Å². The van der Waals surface area contributed by atoms with E-state index in [1.54, 1.807) is 0 Å². The molecule has 0 unspecified atom stereocenters. The first kappa shape index (κ1) is 16.6. The summed E-state index contributed by atoms with van der Waals surface area (Å²) in [6.07, 6.45) is 0. The van der Waals surface area contributed by atoms with E-state index in [0.717, 1.165) is 0 Å². The van der Waals surface area contributed by atoms with Crippen molar-refractivity contribution in [1.82, 2.24) is 0 Å². The van der Waals surface area contributed by atoms with Gasteiger partial charge in [0.2, 0.25) is 0 Å². The van der Waals surface area contributed by atoms with Gasteiger partial charge in [-0.2, -0.15) is 0 Å². The standard InChI is InChI=1S/C18H15BrP.Pd/c19-20(16-10-4-1-5-11-16,17-12-6-2-7-13-17)18-14-8-3-9-15-18;/h1-15H;/q+1;. The Hall–Kier alpha value is -0.768. The van der Waals surface area contributed by atoms with E-state index in [4.69, 9.17) is 0 Å². The summed E-state index contributed by atoms with van der Waals surface area (Å²) in [5.74, 6) is -1.71. The van der Waals surface area contributed by atoms with Crippen LogP contribution in [0.25, 0.3) is 0 Å². The van der Waals surface area contributed by atoms with Crippen LogP contribution in [0.5, 0.6) is 0 Å². The van der Waals surface area contributed by atoms with Gasteiger partial charge in [-0.1, -0.05) is 54.6 Å². The Morgan fingerprint density at radius 2 is 0.714 bits per heavy atom. The molecule has 0 atom stereocenters. The van der Waals surface area contributed by atoms with Gasteiger partial charge in [-0.15, -0.1) is 0 Å². The van der Waals surface area contributed by atoms with Crippen LogP contribution < -0.4 is 15.9 Å². The second-order valence-electron chi connectivity index (χ2n) is 4.60. The minimum atomic E-state index is -1.71. The molecule has 0 radical (unpaired) electrons. The molecule has 0 saturated heterocycles. The maximum Gasteiger partial charge on any atom is 0.181 e. The van der Waals surface area contributed by atoms with E-state index in [1.165, 1.54) is 15.9 Å². The molecule has 0 aliphatic carbocycles. The summed E-state index contributed by atoms with van der Waals surface area (Å²) in [6, 6.07) is 32.1. The fourth-order valence-corrected chi connectivity index (χ4v) is 7.12. The second-order valence-corrected chi connectivity index (χ2v) is 10.5. The third-order valence-electron chi connectivity index (χ3n) is 3.34. The van der Waals surface area contributed by atoms with Gasteiger partial charge < -0.3 is 0 Å². The zero-order valence-corrected chi connectivity index (χ0v) is 15.3. The summed E-state index contributed by atoms with van der Waals surface area (Å²) in [6.45, 7) is 0. The van der Waals surface area contributed by atoms with Crippen LogP contribution in [-0.4, -0.2) is 0 Å². The summed E-state index contributed by atoms with van der Waals surface area (Å²) in [5.41, 5.74) is 0. The molecule has 0 fully saturated rings. The van der Waals surface area contributed by atoms with E-state index >= 15 is 0 Å². The minimum absolute atomic E-state index is 0. The normalized spacial score (nSPS) is 10.7. The Morgan fingerprint density at radius 3 is 0.952 bits per heavy atom. The van der Waals surface area contributed by atoms with Crippen molar-refractivity contribution >= 4 is 37.4 Å². The van der Waals surface area contributed by atoms with Crippen molar-refractivity contribution in [2.45, 2.75) is 0 Å². The van der Waals surface area contributed by atoms with Crippen LogP contribution in [0.4, 0.5) is 0 Å². The van der Waals surface area contributed by atoms with Crippen LogP contribution in [0.2, 0.25) is 0 Å². The van der Waals surface area contributed by atoms with Crippen molar-refractivity contribution in [3.05, 3.63) is 91.0 Å². The monoisotopic (exact) mass is 447 g/mol. The first-order chi connectivity index (χ1) is 9.82. The zero-order valence-electron chi connectivity index (χ0n) is 11.3. The number of rotatable bonds is 3. The van der Waals surface area contributed by atoms with Crippen LogP contribution in [0.3, 0.4) is 0 Å². The summed E-state index contributed by atoms with van der Waals surface area (Å²) in [4.78, 5) is 0. The topological polar surface area (TPSA) is 0 Å². The van der Waals surface area contributed by atoms with E-state index in [0.29, 0.717) is 0 Å². The molecule has 0 N–H and O–H groups in total. The molecule has 108 valence electrons. The number of hydrogen-bond acceptors (Lipinski definition) is 0. The first-order valence-corrected chi connectivity index (χ1v) is 10.4. The Balaban J connectivity index is 0.00000161. The zero-order chi connectivity index (χ0) is 13.8. The van der Waals surface area contributed by atoms with Crippen molar-refractivity contribution in [3.63, 3.8) is 0 Å². The molecule has 0 aromatic heterocycles. The molecule has 0 aliphatic heterocycles. The van der Waals surface area contributed by atoms with Gasteiger partial charge in [-0.3, -0.25) is 0 Å². The molecular formula is C18H15BrPPd+. The Morgan fingerprint density at radius 1 is 0.476 bits per heavy atom. The molecule has 0 nitrogen and oxygen atoms in total. The van der Waals surface area contributed by atoms with Crippen molar-refractivity contribution in [1.29, 1.82) is 0 Å². The largest absolute Gasteiger partial charge is 0.181 e. The Labute approximate surface area is 148 Å². The molecule has 3 aromatic carbocycles. The summed E-state index contributed by atoms with van der Waals surface area (Å²) < 4.78 is 0. The molecular weight excluding hydrogens is 433 g/mol. The predicted octanol–water partition coefficient (Wildman–Crippen LogP) is 4.29. The van der Waals surface area contributed by atoms with Crippen molar-refractivity contribution in [2.75, 3.05) is 0 Å². The molecule has 0 spiro atoms. The van der Waals surface area contributed by atoms with Crippen molar-refractivity contribution < 1.29 is 20.4 Å². The fraction of sp³-hybridized carbons (Fsp3) is 0. The second kappa shape index (κ2) is 7.48. The SMILES string of the molecule is Br[P+](c1ccccc1)(c1ccccc1)c1ccccc1.[Pd]. The third kappa shape index (κ3) is 3.36. The Kier molecular flexibility index (Phi) is 5.91. The Bertz CT molecular complexity index is 575. The molecule has 0 aliphatic rings. The molecule has 3 aromatic rings. The van der Waals surface area contributed by atoms with E-state index in [-0.39, 0.29) is 20.4 Å². The predicted molar refractivity (Wildman–Crippen MR) is 94.1 cm³/mol. The van der Waals surface area contributed by atoms with Crippen LogP contribution in [0, 0.1) is 0 Å². The maximum absolute atomic E-state index is 4.12. The average Bonchev–Trinajstić information content (AvgIpc) is 2.56. The molecule has 21 heavy (non-hydrogen) atoms. The third-order valence-corrected chi connectivity index (χ3v) is 10.1. The fourth-order valence-electron chi connectivity index (χ4n) is 2.35. The number of benzene rings is 3. The van der Waals surface area contributed by atoms with E-state index in [2.05, 4.69) is 106 Å². The molecule has 3 heteroatoms. The van der Waals surface area contributed by atoms with E-state index in [9.17, 15) is 0 Å². The van der Waals surface area contributed by atoms with Gasteiger partial charge in [0, 0.05) is 20.4 Å².